The molecule has 1 heterocycles. The van der Waals surface area contributed by atoms with Gasteiger partial charge in [-0.05, 0) is 32.9 Å². The van der Waals surface area contributed by atoms with Gasteiger partial charge < -0.3 is 4.74 Å². The van der Waals surface area contributed by atoms with E-state index in [-0.39, 0.29) is 11.4 Å². The number of alkyl halides is 3. The van der Waals surface area contributed by atoms with E-state index in [9.17, 15) is 13.6 Å². The molecule has 4 nitrogen and oxygen atoms in total. The van der Waals surface area contributed by atoms with Crippen LogP contribution < -0.4 is 5.32 Å². The van der Waals surface area contributed by atoms with Gasteiger partial charge in [-0.3, -0.25) is 10.3 Å². The van der Waals surface area contributed by atoms with Gasteiger partial charge in [0.1, 0.15) is 11.3 Å². The van der Waals surface area contributed by atoms with Gasteiger partial charge in [-0.25, -0.2) is 13.6 Å². The summed E-state index contributed by atoms with van der Waals surface area (Å²) < 4.78 is 30.3. The molecule has 1 aromatic heterocycles. The molecule has 0 aliphatic heterocycles. The summed E-state index contributed by atoms with van der Waals surface area (Å²) in [5, 5.41) is 2.73. The molecule has 1 rings (SSSR count). The Hall–Kier alpha value is -1.24. The second kappa shape index (κ2) is 6.27. The lowest BCUT2D eigenvalue weighted by Gasteiger charge is -2.20. The maximum atomic E-state index is 12.7. The van der Waals surface area contributed by atoms with Crippen molar-refractivity contribution in [3.63, 3.8) is 0 Å². The SMILES string of the molecule is CC(C)(C)OC(=O)Nc1cc(CBr)nc(C(F)F)c1. The third kappa shape index (κ3) is 5.50. The van der Waals surface area contributed by atoms with Crippen LogP contribution in [0.15, 0.2) is 12.1 Å². The topological polar surface area (TPSA) is 51.2 Å². The predicted molar refractivity (Wildman–Crippen MR) is 71.7 cm³/mol. The average Bonchev–Trinajstić information content (AvgIpc) is 2.25. The zero-order valence-corrected chi connectivity index (χ0v) is 12.4. The molecule has 1 amide bonds. The van der Waals surface area contributed by atoms with E-state index in [1.165, 1.54) is 6.07 Å². The Labute approximate surface area is 118 Å². The Bertz CT molecular complexity index is 462. The molecule has 0 unspecified atom stereocenters. The molecule has 1 N–H and O–H groups in total. The molecule has 19 heavy (non-hydrogen) atoms. The summed E-state index contributed by atoms with van der Waals surface area (Å²) in [6, 6.07) is 2.63. The van der Waals surface area contributed by atoms with Crippen molar-refractivity contribution in [2.24, 2.45) is 0 Å². The van der Waals surface area contributed by atoms with E-state index in [2.05, 4.69) is 26.2 Å². The number of ether oxygens (including phenoxy) is 1. The van der Waals surface area contributed by atoms with E-state index < -0.39 is 18.1 Å². The van der Waals surface area contributed by atoms with Crippen LogP contribution in [0, 0.1) is 0 Å². The molecule has 0 aliphatic rings. The van der Waals surface area contributed by atoms with Crippen LogP contribution in [0.25, 0.3) is 0 Å². The molecule has 0 aromatic carbocycles. The van der Waals surface area contributed by atoms with Gasteiger partial charge in [-0.1, -0.05) is 15.9 Å². The van der Waals surface area contributed by atoms with Crippen LogP contribution >= 0.6 is 15.9 Å². The molecule has 0 spiro atoms. The molecule has 1 aromatic rings. The number of carbonyl (C=O) groups excluding carboxylic acids is 1. The minimum Gasteiger partial charge on any atom is -0.444 e. The van der Waals surface area contributed by atoms with Crippen molar-refractivity contribution in [1.82, 2.24) is 4.98 Å². The number of carbonyl (C=O) groups is 1. The van der Waals surface area contributed by atoms with Crippen molar-refractivity contribution in [2.45, 2.75) is 38.1 Å². The molecule has 0 saturated heterocycles. The maximum Gasteiger partial charge on any atom is 0.412 e. The van der Waals surface area contributed by atoms with E-state index in [1.54, 1.807) is 20.8 Å². The zero-order valence-electron chi connectivity index (χ0n) is 10.8. The van der Waals surface area contributed by atoms with Crippen molar-refractivity contribution in [3.8, 4) is 0 Å². The number of nitrogens with zero attached hydrogens (tertiary/aromatic N) is 1. The summed E-state index contributed by atoms with van der Waals surface area (Å²) in [5.41, 5.74) is -0.401. The van der Waals surface area contributed by atoms with Crippen LogP contribution in [0.2, 0.25) is 0 Å². The van der Waals surface area contributed by atoms with Crippen molar-refractivity contribution in [2.75, 3.05) is 5.32 Å². The molecular weight excluding hydrogens is 322 g/mol. The molecule has 0 saturated carbocycles. The molecule has 0 radical (unpaired) electrons. The van der Waals surface area contributed by atoms with Gasteiger partial charge in [0.15, 0.2) is 0 Å². The van der Waals surface area contributed by atoms with Crippen LogP contribution in [-0.2, 0) is 10.1 Å². The predicted octanol–water partition coefficient (Wildman–Crippen LogP) is 4.26. The fraction of sp³-hybridized carbons (Fsp3) is 0.500. The van der Waals surface area contributed by atoms with Crippen molar-refractivity contribution < 1.29 is 18.3 Å². The van der Waals surface area contributed by atoms with Crippen molar-refractivity contribution >= 4 is 27.7 Å². The van der Waals surface area contributed by atoms with Crippen LogP contribution in [0.1, 0.15) is 38.6 Å². The summed E-state index contributed by atoms with van der Waals surface area (Å²) in [4.78, 5) is 15.3. The largest absolute Gasteiger partial charge is 0.444 e. The molecule has 106 valence electrons. The van der Waals surface area contributed by atoms with Gasteiger partial charge in [0.25, 0.3) is 6.43 Å². The van der Waals surface area contributed by atoms with Gasteiger partial charge in [0, 0.05) is 11.0 Å². The lowest BCUT2D eigenvalue weighted by molar-refractivity contribution is 0.0635. The summed E-state index contributed by atoms with van der Waals surface area (Å²) in [7, 11) is 0. The zero-order chi connectivity index (χ0) is 14.6. The van der Waals surface area contributed by atoms with Gasteiger partial charge >= 0.3 is 6.09 Å². The van der Waals surface area contributed by atoms with E-state index in [4.69, 9.17) is 4.74 Å². The molecule has 0 aliphatic carbocycles. The van der Waals surface area contributed by atoms with Gasteiger partial charge in [0.2, 0.25) is 0 Å². The highest BCUT2D eigenvalue weighted by molar-refractivity contribution is 9.08. The first-order valence-electron chi connectivity index (χ1n) is 5.56. The highest BCUT2D eigenvalue weighted by Crippen LogP contribution is 2.22. The first-order chi connectivity index (χ1) is 8.71. The monoisotopic (exact) mass is 336 g/mol. The number of hydrogen-bond donors (Lipinski definition) is 1. The Morgan fingerprint density at radius 3 is 2.58 bits per heavy atom. The summed E-state index contributed by atoms with van der Waals surface area (Å²) in [6.07, 6.45) is -3.39. The van der Waals surface area contributed by atoms with E-state index in [1.807, 2.05) is 0 Å². The first-order valence-corrected chi connectivity index (χ1v) is 6.68. The van der Waals surface area contributed by atoms with E-state index in [0.717, 1.165) is 6.07 Å². The van der Waals surface area contributed by atoms with Crippen molar-refractivity contribution in [1.29, 1.82) is 0 Å². The first kappa shape index (κ1) is 15.8. The Morgan fingerprint density at radius 2 is 2.11 bits per heavy atom. The Morgan fingerprint density at radius 1 is 1.47 bits per heavy atom. The number of hydrogen-bond acceptors (Lipinski definition) is 3. The van der Waals surface area contributed by atoms with E-state index in [0.29, 0.717) is 11.0 Å². The van der Waals surface area contributed by atoms with Gasteiger partial charge in [0.05, 0.1) is 5.69 Å². The Balaban J connectivity index is 2.88. The van der Waals surface area contributed by atoms with E-state index >= 15 is 0 Å². The molecule has 0 fully saturated rings. The number of pyridine rings is 1. The van der Waals surface area contributed by atoms with Crippen LogP contribution in [-0.4, -0.2) is 16.7 Å². The lowest BCUT2D eigenvalue weighted by Crippen LogP contribution is -2.27. The van der Waals surface area contributed by atoms with Crippen LogP contribution in [0.4, 0.5) is 19.3 Å². The Kier molecular flexibility index (Phi) is 5.22. The maximum absolute atomic E-state index is 12.7. The number of halogens is 3. The second-order valence-electron chi connectivity index (χ2n) is 4.83. The normalized spacial score (nSPS) is 11.5. The second-order valence-corrected chi connectivity index (χ2v) is 5.39. The third-order valence-electron chi connectivity index (χ3n) is 1.90. The lowest BCUT2D eigenvalue weighted by atomic mass is 10.2. The fourth-order valence-electron chi connectivity index (χ4n) is 1.28. The standard InChI is InChI=1S/C12H15BrF2N2O2/c1-12(2,3)19-11(18)17-7-4-8(6-13)16-9(5-7)10(14)15/h4-5,10H,6H2,1-3H3,(H,16,17,18). The molecular formula is C12H15BrF2N2O2. The minimum absolute atomic E-state index is 0.231. The highest BCUT2D eigenvalue weighted by Gasteiger charge is 2.18. The smallest absolute Gasteiger partial charge is 0.412 e. The van der Waals surface area contributed by atoms with Crippen molar-refractivity contribution in [3.05, 3.63) is 23.5 Å². The molecule has 0 atom stereocenters. The highest BCUT2D eigenvalue weighted by atomic mass is 79.9. The fourth-order valence-corrected chi connectivity index (χ4v) is 1.57. The number of nitrogens with one attached hydrogen (secondary N) is 1. The third-order valence-corrected chi connectivity index (χ3v) is 2.48. The molecule has 0 bridgehead atoms. The number of aromatic nitrogens is 1. The summed E-state index contributed by atoms with van der Waals surface area (Å²) >= 11 is 3.14. The van der Waals surface area contributed by atoms with Gasteiger partial charge in [-0.15, -0.1) is 0 Å². The number of rotatable bonds is 3. The number of anilines is 1. The summed E-state index contributed by atoms with van der Waals surface area (Å²) in [6.45, 7) is 5.15. The molecule has 7 heteroatoms. The number of amides is 1. The summed E-state index contributed by atoms with van der Waals surface area (Å²) in [5.74, 6) is 0. The van der Waals surface area contributed by atoms with Crippen LogP contribution in [0.5, 0.6) is 0 Å². The quantitative estimate of drug-likeness (QED) is 0.839. The average molecular weight is 337 g/mol. The minimum atomic E-state index is -2.70. The van der Waals surface area contributed by atoms with Crippen LogP contribution in [0.3, 0.4) is 0 Å². The van der Waals surface area contributed by atoms with Gasteiger partial charge in [-0.2, -0.15) is 0 Å².